The Morgan fingerprint density at radius 3 is 2.43 bits per heavy atom. The Kier molecular flexibility index (Phi) is 5.03. The summed E-state index contributed by atoms with van der Waals surface area (Å²) in [5, 5.41) is 0.688. The molecule has 0 bridgehead atoms. The normalized spacial score (nSPS) is 15.7. The number of hydrogen-bond acceptors (Lipinski definition) is 4. The third kappa shape index (κ3) is 3.95. The zero-order valence-electron chi connectivity index (χ0n) is 13.7. The second kappa shape index (κ2) is 7.20. The molecule has 1 aromatic carbocycles. The van der Waals surface area contributed by atoms with Gasteiger partial charge in [0.2, 0.25) is 0 Å². The second-order valence-electron chi connectivity index (χ2n) is 6.12. The van der Waals surface area contributed by atoms with Gasteiger partial charge < -0.3 is 9.80 Å². The predicted octanol–water partition coefficient (Wildman–Crippen LogP) is 3.12. The van der Waals surface area contributed by atoms with E-state index in [0.717, 1.165) is 38.5 Å². The van der Waals surface area contributed by atoms with Gasteiger partial charge in [0.05, 0.1) is 5.02 Å². The molecule has 0 saturated carbocycles. The van der Waals surface area contributed by atoms with Gasteiger partial charge in [-0.15, -0.1) is 0 Å². The molecule has 0 N–H and O–H groups in total. The van der Waals surface area contributed by atoms with E-state index in [1.165, 1.54) is 11.3 Å². The van der Waals surface area contributed by atoms with Crippen molar-refractivity contribution in [3.05, 3.63) is 53.2 Å². The minimum atomic E-state index is 0.688. The van der Waals surface area contributed by atoms with Crippen LogP contribution in [0.5, 0.6) is 0 Å². The highest BCUT2D eigenvalue weighted by molar-refractivity contribution is 6.30. The number of piperazine rings is 1. The Balaban J connectivity index is 1.60. The molecular weight excluding hydrogens is 308 g/mol. The van der Waals surface area contributed by atoms with Gasteiger partial charge in [-0.2, -0.15) is 0 Å². The topological polar surface area (TPSA) is 22.6 Å². The van der Waals surface area contributed by atoms with Crippen molar-refractivity contribution in [2.75, 3.05) is 50.1 Å². The molecule has 3 rings (SSSR count). The standard InChI is InChI=1S/C18H23ClN4/c1-21(2)17-6-4-3-5-15(17)14-22-9-11-23(12-10-22)18-8-7-16(19)13-20-18/h3-8,13H,9-12,14H2,1-2H3. The SMILES string of the molecule is CN(C)c1ccccc1CN1CCN(c2ccc(Cl)cn2)CC1. The number of pyridine rings is 1. The smallest absolute Gasteiger partial charge is 0.128 e. The number of nitrogens with zero attached hydrogens (tertiary/aromatic N) is 4. The van der Waals surface area contributed by atoms with Gasteiger partial charge in [0.15, 0.2) is 0 Å². The minimum Gasteiger partial charge on any atom is -0.377 e. The van der Waals surface area contributed by atoms with Crippen molar-refractivity contribution in [3.63, 3.8) is 0 Å². The first-order valence-electron chi connectivity index (χ1n) is 7.97. The monoisotopic (exact) mass is 330 g/mol. The number of benzene rings is 1. The van der Waals surface area contributed by atoms with Gasteiger partial charge in [0, 0.05) is 58.7 Å². The fourth-order valence-electron chi connectivity index (χ4n) is 3.01. The van der Waals surface area contributed by atoms with Crippen LogP contribution in [-0.2, 0) is 6.54 Å². The van der Waals surface area contributed by atoms with Crippen molar-refractivity contribution in [3.8, 4) is 0 Å². The van der Waals surface area contributed by atoms with Crippen LogP contribution in [0.4, 0.5) is 11.5 Å². The zero-order chi connectivity index (χ0) is 16.2. The highest BCUT2D eigenvalue weighted by Crippen LogP contribution is 2.21. The summed E-state index contributed by atoms with van der Waals surface area (Å²) in [7, 11) is 4.20. The van der Waals surface area contributed by atoms with Crippen molar-refractivity contribution in [1.82, 2.24) is 9.88 Å². The Morgan fingerprint density at radius 2 is 1.78 bits per heavy atom. The summed E-state index contributed by atoms with van der Waals surface area (Å²) in [5.74, 6) is 1.02. The van der Waals surface area contributed by atoms with E-state index in [1.54, 1.807) is 6.20 Å². The molecule has 0 aliphatic carbocycles. The summed E-state index contributed by atoms with van der Waals surface area (Å²) in [6, 6.07) is 12.5. The molecule has 122 valence electrons. The van der Waals surface area contributed by atoms with E-state index in [4.69, 9.17) is 11.6 Å². The Bertz CT molecular complexity index is 634. The Labute approximate surface area is 143 Å². The molecule has 4 nitrogen and oxygen atoms in total. The van der Waals surface area contributed by atoms with Gasteiger partial charge in [-0.25, -0.2) is 4.98 Å². The van der Waals surface area contributed by atoms with Gasteiger partial charge in [-0.1, -0.05) is 29.8 Å². The summed E-state index contributed by atoms with van der Waals surface area (Å²) in [5.41, 5.74) is 2.69. The van der Waals surface area contributed by atoms with Crippen molar-refractivity contribution >= 4 is 23.1 Å². The van der Waals surface area contributed by atoms with Crippen LogP contribution in [0.1, 0.15) is 5.56 Å². The van der Waals surface area contributed by atoms with Crippen LogP contribution in [-0.4, -0.2) is 50.2 Å². The lowest BCUT2D eigenvalue weighted by molar-refractivity contribution is 0.249. The first-order chi connectivity index (χ1) is 11.1. The first kappa shape index (κ1) is 16.1. The van der Waals surface area contributed by atoms with Gasteiger partial charge in [-0.3, -0.25) is 4.90 Å². The molecule has 0 spiro atoms. The number of aromatic nitrogens is 1. The number of hydrogen-bond donors (Lipinski definition) is 0. The molecule has 23 heavy (non-hydrogen) atoms. The lowest BCUT2D eigenvalue weighted by atomic mass is 10.1. The van der Waals surface area contributed by atoms with E-state index in [0.29, 0.717) is 5.02 Å². The zero-order valence-corrected chi connectivity index (χ0v) is 14.5. The van der Waals surface area contributed by atoms with E-state index in [1.807, 2.05) is 12.1 Å². The molecule has 0 amide bonds. The van der Waals surface area contributed by atoms with Gasteiger partial charge in [0.1, 0.15) is 5.82 Å². The second-order valence-corrected chi connectivity index (χ2v) is 6.56. The van der Waals surface area contributed by atoms with Gasteiger partial charge in [0.25, 0.3) is 0 Å². The lowest BCUT2D eigenvalue weighted by Crippen LogP contribution is -2.46. The fourth-order valence-corrected chi connectivity index (χ4v) is 3.12. The molecule has 0 atom stereocenters. The summed E-state index contributed by atoms with van der Waals surface area (Å²) in [4.78, 5) is 11.4. The van der Waals surface area contributed by atoms with Crippen molar-refractivity contribution < 1.29 is 0 Å². The summed E-state index contributed by atoms with van der Waals surface area (Å²) in [6.07, 6.45) is 1.72. The quantitative estimate of drug-likeness (QED) is 0.859. The fraction of sp³-hybridized carbons (Fsp3) is 0.389. The van der Waals surface area contributed by atoms with E-state index in [-0.39, 0.29) is 0 Å². The summed E-state index contributed by atoms with van der Waals surface area (Å²) < 4.78 is 0. The molecular formula is C18H23ClN4. The highest BCUT2D eigenvalue weighted by Gasteiger charge is 2.19. The molecule has 5 heteroatoms. The maximum Gasteiger partial charge on any atom is 0.128 e. The summed E-state index contributed by atoms with van der Waals surface area (Å²) >= 11 is 5.91. The maximum atomic E-state index is 5.91. The molecule has 0 radical (unpaired) electrons. The minimum absolute atomic E-state index is 0.688. The molecule has 1 aliphatic heterocycles. The van der Waals surface area contributed by atoms with E-state index >= 15 is 0 Å². The molecule has 1 aliphatic rings. The number of halogens is 1. The average molecular weight is 331 g/mol. The van der Waals surface area contributed by atoms with Crippen LogP contribution >= 0.6 is 11.6 Å². The molecule has 1 saturated heterocycles. The van der Waals surface area contributed by atoms with E-state index < -0.39 is 0 Å². The predicted molar refractivity (Wildman–Crippen MR) is 97.5 cm³/mol. The lowest BCUT2D eigenvalue weighted by Gasteiger charge is -2.36. The van der Waals surface area contributed by atoms with Gasteiger partial charge in [-0.05, 0) is 23.8 Å². The maximum absolute atomic E-state index is 5.91. The molecule has 0 unspecified atom stereocenters. The van der Waals surface area contributed by atoms with Crippen molar-refractivity contribution in [1.29, 1.82) is 0 Å². The molecule has 2 aromatic rings. The summed E-state index contributed by atoms with van der Waals surface area (Å²) in [6.45, 7) is 5.09. The van der Waals surface area contributed by atoms with Gasteiger partial charge >= 0.3 is 0 Å². The van der Waals surface area contributed by atoms with Crippen LogP contribution in [0.2, 0.25) is 5.02 Å². The third-order valence-electron chi connectivity index (χ3n) is 4.28. The van der Waals surface area contributed by atoms with E-state index in [2.05, 4.69) is 58.0 Å². The largest absolute Gasteiger partial charge is 0.377 e. The number of para-hydroxylation sites is 1. The van der Waals surface area contributed by atoms with Crippen LogP contribution in [0.15, 0.2) is 42.6 Å². The Morgan fingerprint density at radius 1 is 1.04 bits per heavy atom. The molecule has 2 heterocycles. The highest BCUT2D eigenvalue weighted by atomic mass is 35.5. The molecule has 1 fully saturated rings. The van der Waals surface area contributed by atoms with Crippen LogP contribution in [0, 0.1) is 0 Å². The Hall–Kier alpha value is -1.78. The van der Waals surface area contributed by atoms with Crippen LogP contribution < -0.4 is 9.80 Å². The van der Waals surface area contributed by atoms with Crippen molar-refractivity contribution in [2.24, 2.45) is 0 Å². The number of anilines is 2. The van der Waals surface area contributed by atoms with Crippen LogP contribution in [0.3, 0.4) is 0 Å². The third-order valence-corrected chi connectivity index (χ3v) is 4.50. The first-order valence-corrected chi connectivity index (χ1v) is 8.35. The number of rotatable bonds is 4. The molecule has 1 aromatic heterocycles. The average Bonchev–Trinajstić information content (AvgIpc) is 2.57. The van der Waals surface area contributed by atoms with E-state index in [9.17, 15) is 0 Å². The van der Waals surface area contributed by atoms with Crippen molar-refractivity contribution in [2.45, 2.75) is 6.54 Å². The van der Waals surface area contributed by atoms with Crippen LogP contribution in [0.25, 0.3) is 0 Å².